The average Bonchev–Trinajstić information content (AvgIpc) is 3.15. The molecule has 2 aromatic rings. The Morgan fingerprint density at radius 3 is 2.95 bits per heavy atom. The molecule has 1 aromatic heterocycles. The van der Waals surface area contributed by atoms with Gasteiger partial charge in [0.15, 0.2) is 5.96 Å². The van der Waals surface area contributed by atoms with E-state index in [1.54, 1.807) is 11.3 Å². The summed E-state index contributed by atoms with van der Waals surface area (Å²) in [5.74, 6) is 0.924. The zero-order chi connectivity index (χ0) is 14.7. The van der Waals surface area contributed by atoms with E-state index in [-0.39, 0.29) is 24.0 Å². The van der Waals surface area contributed by atoms with Gasteiger partial charge >= 0.3 is 0 Å². The van der Waals surface area contributed by atoms with E-state index < -0.39 is 0 Å². The van der Waals surface area contributed by atoms with Crippen LogP contribution in [0.15, 0.2) is 35.5 Å². The SMILES string of the molecule is CCc1cnc(CNC(=NC)N2CCc3ccccc32)s1.I. The first-order valence-corrected chi connectivity index (χ1v) is 8.13. The van der Waals surface area contributed by atoms with E-state index in [0.29, 0.717) is 0 Å². The van der Waals surface area contributed by atoms with Crippen molar-refractivity contribution in [2.45, 2.75) is 26.3 Å². The number of fused-ring (bicyclic) bond motifs is 1. The minimum absolute atomic E-state index is 0. The third-order valence-electron chi connectivity index (χ3n) is 3.70. The first-order chi connectivity index (χ1) is 10.3. The fraction of sp³-hybridized carbons (Fsp3) is 0.375. The Labute approximate surface area is 152 Å². The van der Waals surface area contributed by atoms with Gasteiger partial charge in [0.1, 0.15) is 5.01 Å². The Morgan fingerprint density at radius 2 is 2.23 bits per heavy atom. The van der Waals surface area contributed by atoms with E-state index in [1.807, 2.05) is 13.2 Å². The van der Waals surface area contributed by atoms with Gasteiger partial charge in [-0.1, -0.05) is 25.1 Å². The number of hydrogen-bond acceptors (Lipinski definition) is 3. The summed E-state index contributed by atoms with van der Waals surface area (Å²) in [6.45, 7) is 3.87. The van der Waals surface area contributed by atoms with E-state index in [9.17, 15) is 0 Å². The van der Waals surface area contributed by atoms with E-state index in [2.05, 4.69) is 51.4 Å². The van der Waals surface area contributed by atoms with Gasteiger partial charge in [0.25, 0.3) is 0 Å². The zero-order valence-electron chi connectivity index (χ0n) is 12.9. The number of hydrogen-bond donors (Lipinski definition) is 1. The maximum absolute atomic E-state index is 4.45. The quantitative estimate of drug-likeness (QED) is 0.463. The predicted molar refractivity (Wildman–Crippen MR) is 105 cm³/mol. The maximum atomic E-state index is 4.45. The number of rotatable bonds is 3. The number of aromatic nitrogens is 1. The smallest absolute Gasteiger partial charge is 0.198 e. The summed E-state index contributed by atoms with van der Waals surface area (Å²) in [5.41, 5.74) is 2.65. The molecule has 22 heavy (non-hydrogen) atoms. The minimum atomic E-state index is 0. The van der Waals surface area contributed by atoms with Crippen molar-refractivity contribution < 1.29 is 0 Å². The van der Waals surface area contributed by atoms with Gasteiger partial charge in [-0.05, 0) is 24.5 Å². The molecule has 6 heteroatoms. The van der Waals surface area contributed by atoms with Crippen LogP contribution in [-0.4, -0.2) is 24.5 Å². The first-order valence-electron chi connectivity index (χ1n) is 7.31. The lowest BCUT2D eigenvalue weighted by Gasteiger charge is -2.21. The molecule has 0 fully saturated rings. The summed E-state index contributed by atoms with van der Waals surface area (Å²) in [7, 11) is 1.84. The van der Waals surface area contributed by atoms with Crippen molar-refractivity contribution in [2.24, 2.45) is 4.99 Å². The molecule has 2 heterocycles. The van der Waals surface area contributed by atoms with Crippen molar-refractivity contribution in [2.75, 3.05) is 18.5 Å². The number of benzene rings is 1. The van der Waals surface area contributed by atoms with Gasteiger partial charge in [-0.2, -0.15) is 0 Å². The highest BCUT2D eigenvalue weighted by Crippen LogP contribution is 2.27. The number of anilines is 1. The van der Waals surface area contributed by atoms with E-state index in [4.69, 9.17) is 0 Å². The second kappa shape index (κ2) is 7.92. The van der Waals surface area contributed by atoms with Crippen molar-refractivity contribution in [3.05, 3.63) is 45.9 Å². The van der Waals surface area contributed by atoms with Crippen molar-refractivity contribution in [3.63, 3.8) is 0 Å². The molecule has 0 bridgehead atoms. The Balaban J connectivity index is 0.00000176. The highest BCUT2D eigenvalue weighted by atomic mass is 127. The zero-order valence-corrected chi connectivity index (χ0v) is 16.0. The molecule has 1 aliphatic heterocycles. The molecule has 1 aromatic carbocycles. The number of guanidine groups is 1. The molecule has 0 radical (unpaired) electrons. The van der Waals surface area contributed by atoms with E-state index >= 15 is 0 Å². The Bertz CT molecular complexity index is 653. The summed E-state index contributed by atoms with van der Waals surface area (Å²) in [4.78, 5) is 12.4. The number of nitrogens with one attached hydrogen (secondary N) is 1. The van der Waals surface area contributed by atoms with Gasteiger partial charge in [0.2, 0.25) is 0 Å². The normalized spacial score (nSPS) is 13.7. The molecular weight excluding hydrogens is 407 g/mol. The van der Waals surface area contributed by atoms with Crippen LogP contribution in [0.25, 0.3) is 0 Å². The van der Waals surface area contributed by atoms with Crippen molar-refractivity contribution in [1.29, 1.82) is 0 Å². The molecule has 0 amide bonds. The van der Waals surface area contributed by atoms with Gasteiger partial charge in [0, 0.05) is 30.4 Å². The fourth-order valence-corrected chi connectivity index (χ4v) is 3.40. The third kappa shape index (κ3) is 3.60. The van der Waals surface area contributed by atoms with Crippen LogP contribution in [0.5, 0.6) is 0 Å². The number of para-hydroxylation sites is 1. The Morgan fingerprint density at radius 1 is 1.41 bits per heavy atom. The second-order valence-corrected chi connectivity index (χ2v) is 6.20. The lowest BCUT2D eigenvalue weighted by Crippen LogP contribution is -2.40. The second-order valence-electron chi connectivity index (χ2n) is 5.00. The molecule has 118 valence electrons. The van der Waals surface area contributed by atoms with Crippen LogP contribution in [0.1, 0.15) is 22.4 Å². The number of halogens is 1. The monoisotopic (exact) mass is 428 g/mol. The largest absolute Gasteiger partial charge is 0.349 e. The summed E-state index contributed by atoms with van der Waals surface area (Å²) >= 11 is 1.77. The van der Waals surface area contributed by atoms with E-state index in [0.717, 1.165) is 36.9 Å². The van der Waals surface area contributed by atoms with Gasteiger partial charge < -0.3 is 10.2 Å². The van der Waals surface area contributed by atoms with Crippen LogP contribution in [0, 0.1) is 0 Å². The molecule has 0 saturated heterocycles. The van der Waals surface area contributed by atoms with Gasteiger partial charge in [0.05, 0.1) is 6.54 Å². The van der Waals surface area contributed by atoms with Crippen LogP contribution in [0.4, 0.5) is 5.69 Å². The number of nitrogens with zero attached hydrogens (tertiary/aromatic N) is 3. The van der Waals surface area contributed by atoms with Crippen LogP contribution in [0.3, 0.4) is 0 Å². The standard InChI is InChI=1S/C16H20N4S.HI/c1-3-13-10-18-15(21-13)11-19-16(17-2)20-9-8-12-6-4-5-7-14(12)20;/h4-7,10H,3,8-9,11H2,1-2H3,(H,17,19);1H. The third-order valence-corrected chi connectivity index (χ3v) is 4.84. The summed E-state index contributed by atoms with van der Waals surface area (Å²) in [6.07, 6.45) is 4.09. The van der Waals surface area contributed by atoms with Crippen molar-refractivity contribution >= 4 is 47.0 Å². The average molecular weight is 428 g/mol. The highest BCUT2D eigenvalue weighted by molar-refractivity contribution is 14.0. The maximum Gasteiger partial charge on any atom is 0.198 e. The van der Waals surface area contributed by atoms with Gasteiger partial charge in [-0.15, -0.1) is 35.3 Å². The molecule has 1 N–H and O–H groups in total. The fourth-order valence-electron chi connectivity index (χ4n) is 2.60. The topological polar surface area (TPSA) is 40.5 Å². The highest BCUT2D eigenvalue weighted by Gasteiger charge is 2.22. The predicted octanol–water partition coefficient (Wildman–Crippen LogP) is 3.46. The molecule has 0 aliphatic carbocycles. The number of aliphatic imine (C=N–C) groups is 1. The minimum Gasteiger partial charge on any atom is -0.349 e. The molecule has 4 nitrogen and oxygen atoms in total. The summed E-state index contributed by atoms with van der Waals surface area (Å²) in [6, 6.07) is 8.53. The lowest BCUT2D eigenvalue weighted by molar-refractivity contribution is 0.859. The van der Waals surface area contributed by atoms with Crippen molar-refractivity contribution in [3.8, 4) is 0 Å². The molecule has 1 aliphatic rings. The molecule has 3 rings (SSSR count). The molecule has 0 saturated carbocycles. The Hall–Kier alpha value is -1.15. The number of thiazole rings is 1. The van der Waals surface area contributed by atoms with E-state index in [1.165, 1.54) is 16.1 Å². The van der Waals surface area contributed by atoms with Gasteiger partial charge in [-0.3, -0.25) is 4.99 Å². The van der Waals surface area contributed by atoms with Crippen LogP contribution < -0.4 is 10.2 Å². The lowest BCUT2D eigenvalue weighted by atomic mass is 10.2. The van der Waals surface area contributed by atoms with Crippen LogP contribution in [-0.2, 0) is 19.4 Å². The van der Waals surface area contributed by atoms with Crippen LogP contribution in [0.2, 0.25) is 0 Å². The van der Waals surface area contributed by atoms with Gasteiger partial charge in [-0.25, -0.2) is 4.98 Å². The molecule has 0 spiro atoms. The summed E-state index contributed by atoms with van der Waals surface area (Å²) < 4.78 is 0. The Kier molecular flexibility index (Phi) is 6.19. The number of aryl methyl sites for hydroxylation is 1. The van der Waals surface area contributed by atoms with Crippen molar-refractivity contribution in [1.82, 2.24) is 10.3 Å². The molecule has 0 unspecified atom stereocenters. The first kappa shape index (κ1) is 17.2. The molecular formula is C16H21IN4S. The summed E-state index contributed by atoms with van der Waals surface area (Å²) in [5, 5.41) is 4.54. The van der Waals surface area contributed by atoms with Crippen LogP contribution >= 0.6 is 35.3 Å². The molecule has 0 atom stereocenters.